The summed E-state index contributed by atoms with van der Waals surface area (Å²) in [4.78, 5) is 0. The van der Waals surface area contributed by atoms with E-state index < -0.39 is 0 Å². The van der Waals surface area contributed by atoms with Crippen LogP contribution in [0.2, 0.25) is 0 Å². The van der Waals surface area contributed by atoms with E-state index in [4.69, 9.17) is 14.9 Å². The van der Waals surface area contributed by atoms with Crippen LogP contribution in [0.25, 0.3) is 11.6 Å². The van der Waals surface area contributed by atoms with Gasteiger partial charge in [0.1, 0.15) is 5.76 Å². The molecule has 3 nitrogen and oxygen atoms in total. The van der Waals surface area contributed by atoms with Crippen LogP contribution >= 0.6 is 22.6 Å². The smallest absolute Gasteiger partial charge is 0.164 e. The average molecular weight is 346 g/mol. The van der Waals surface area contributed by atoms with Crippen molar-refractivity contribution in [1.29, 1.82) is 10.5 Å². The Kier molecular flexibility index (Phi) is 3.81. The highest BCUT2D eigenvalue weighted by Crippen LogP contribution is 2.20. The van der Waals surface area contributed by atoms with E-state index >= 15 is 0 Å². The summed E-state index contributed by atoms with van der Waals surface area (Å²) in [5, 5.41) is 18.0. The van der Waals surface area contributed by atoms with Crippen LogP contribution < -0.4 is 0 Å². The summed E-state index contributed by atoms with van der Waals surface area (Å²) in [5.74, 6) is 0.623. The fourth-order valence-electron chi connectivity index (χ4n) is 1.48. The van der Waals surface area contributed by atoms with Crippen LogP contribution in [0.15, 0.2) is 40.8 Å². The number of hydrogen-bond acceptors (Lipinski definition) is 3. The second kappa shape index (κ2) is 5.52. The average Bonchev–Trinajstić information content (AvgIpc) is 2.81. The van der Waals surface area contributed by atoms with Gasteiger partial charge < -0.3 is 4.42 Å². The molecule has 86 valence electrons. The third-order valence-electron chi connectivity index (χ3n) is 2.30. The van der Waals surface area contributed by atoms with Gasteiger partial charge >= 0.3 is 0 Å². The largest absolute Gasteiger partial charge is 0.451 e. The highest BCUT2D eigenvalue weighted by Gasteiger charge is 2.04. The van der Waals surface area contributed by atoms with Gasteiger partial charge in [0, 0.05) is 0 Å². The van der Waals surface area contributed by atoms with Crippen molar-refractivity contribution in [3.8, 4) is 12.1 Å². The molecular formula is C14H7IN2O. The summed E-state index contributed by atoms with van der Waals surface area (Å²) in [5.41, 5.74) is 1.71. The maximum absolute atomic E-state index is 9.17. The van der Waals surface area contributed by atoms with Crippen LogP contribution in [0.5, 0.6) is 0 Å². The molecule has 0 bridgehead atoms. The van der Waals surface area contributed by atoms with E-state index in [1.54, 1.807) is 36.4 Å². The lowest BCUT2D eigenvalue weighted by molar-refractivity contribution is 0.528. The number of benzene rings is 1. The molecule has 0 aliphatic carbocycles. The standard InChI is InChI=1S/C14H7IN2O/c15-14-5-4-13(18-14)7-12(9-17)11-3-1-2-10(6-11)8-16/h1-7H/b12-7-. The zero-order valence-electron chi connectivity index (χ0n) is 9.22. The van der Waals surface area contributed by atoms with Crippen LogP contribution in [0.3, 0.4) is 0 Å². The second-order valence-electron chi connectivity index (χ2n) is 3.50. The van der Waals surface area contributed by atoms with Crippen LogP contribution in [0, 0.1) is 26.4 Å². The molecular weight excluding hydrogens is 339 g/mol. The quantitative estimate of drug-likeness (QED) is 0.614. The lowest BCUT2D eigenvalue weighted by atomic mass is 10.0. The van der Waals surface area contributed by atoms with E-state index in [1.807, 2.05) is 6.07 Å². The highest BCUT2D eigenvalue weighted by atomic mass is 127. The Morgan fingerprint density at radius 3 is 2.67 bits per heavy atom. The molecule has 18 heavy (non-hydrogen) atoms. The molecule has 0 N–H and O–H groups in total. The van der Waals surface area contributed by atoms with Gasteiger partial charge in [0.15, 0.2) is 3.77 Å². The van der Waals surface area contributed by atoms with Crippen LogP contribution in [-0.4, -0.2) is 0 Å². The van der Waals surface area contributed by atoms with Crippen molar-refractivity contribution in [2.45, 2.75) is 0 Å². The summed E-state index contributed by atoms with van der Waals surface area (Å²) >= 11 is 2.06. The minimum Gasteiger partial charge on any atom is -0.451 e. The summed E-state index contributed by atoms with van der Waals surface area (Å²) in [6.07, 6.45) is 1.67. The van der Waals surface area contributed by atoms with Crippen LogP contribution in [0.1, 0.15) is 16.9 Å². The fourth-order valence-corrected chi connectivity index (χ4v) is 1.92. The van der Waals surface area contributed by atoms with E-state index in [2.05, 4.69) is 34.7 Å². The summed E-state index contributed by atoms with van der Waals surface area (Å²) < 4.78 is 6.15. The maximum atomic E-state index is 9.17. The van der Waals surface area contributed by atoms with Gasteiger partial charge in [-0.1, -0.05) is 12.1 Å². The Morgan fingerprint density at radius 2 is 2.06 bits per heavy atom. The molecule has 2 aromatic rings. The van der Waals surface area contributed by atoms with Gasteiger partial charge in [0.2, 0.25) is 0 Å². The molecule has 0 fully saturated rings. The first-order valence-corrected chi connectivity index (χ1v) is 6.18. The fraction of sp³-hybridized carbons (Fsp3) is 0. The number of nitrogens with zero attached hydrogens (tertiary/aromatic N) is 2. The summed E-state index contributed by atoms with van der Waals surface area (Å²) in [6, 6.07) is 14.7. The van der Waals surface area contributed by atoms with Crippen molar-refractivity contribution in [2.24, 2.45) is 0 Å². The van der Waals surface area contributed by atoms with E-state index in [-0.39, 0.29) is 0 Å². The molecule has 0 saturated carbocycles. The Bertz CT molecular complexity index is 686. The van der Waals surface area contributed by atoms with Gasteiger partial charge in [0.25, 0.3) is 0 Å². The number of rotatable bonds is 2. The first-order chi connectivity index (χ1) is 8.72. The first-order valence-electron chi connectivity index (χ1n) is 5.10. The lowest BCUT2D eigenvalue weighted by Crippen LogP contribution is -1.83. The van der Waals surface area contributed by atoms with Gasteiger partial charge in [-0.2, -0.15) is 10.5 Å². The normalized spacial score (nSPS) is 10.7. The predicted octanol–water partition coefficient (Wildman–Crippen LogP) is 3.82. The van der Waals surface area contributed by atoms with E-state index in [1.165, 1.54) is 0 Å². The van der Waals surface area contributed by atoms with Crippen molar-refractivity contribution in [1.82, 2.24) is 0 Å². The van der Waals surface area contributed by atoms with Crippen molar-refractivity contribution < 1.29 is 4.42 Å². The zero-order valence-corrected chi connectivity index (χ0v) is 11.4. The molecule has 0 atom stereocenters. The third-order valence-corrected chi connectivity index (χ3v) is 2.88. The molecule has 2 rings (SSSR count). The van der Waals surface area contributed by atoms with E-state index in [0.717, 1.165) is 3.77 Å². The lowest BCUT2D eigenvalue weighted by Gasteiger charge is -1.98. The van der Waals surface area contributed by atoms with Gasteiger partial charge in [-0.05, 0) is 58.5 Å². The van der Waals surface area contributed by atoms with Gasteiger partial charge in [-0.15, -0.1) is 0 Å². The van der Waals surface area contributed by atoms with Crippen molar-refractivity contribution in [2.75, 3.05) is 0 Å². The topological polar surface area (TPSA) is 60.7 Å². The molecule has 1 heterocycles. The Hall–Kier alpha value is -2.05. The molecule has 0 radical (unpaired) electrons. The minimum atomic E-state index is 0.470. The Balaban J connectivity index is 2.43. The number of furan rings is 1. The van der Waals surface area contributed by atoms with Crippen LogP contribution in [-0.2, 0) is 0 Å². The number of nitriles is 2. The van der Waals surface area contributed by atoms with Gasteiger partial charge in [0.05, 0.1) is 23.3 Å². The monoisotopic (exact) mass is 346 g/mol. The third kappa shape index (κ3) is 2.79. The Labute approximate surface area is 118 Å². The molecule has 0 saturated heterocycles. The molecule has 1 aromatic heterocycles. The second-order valence-corrected chi connectivity index (χ2v) is 4.57. The first kappa shape index (κ1) is 12.4. The molecule has 1 aromatic carbocycles. The highest BCUT2D eigenvalue weighted by molar-refractivity contribution is 14.1. The molecule has 0 aliphatic heterocycles. The summed E-state index contributed by atoms with van der Waals surface area (Å²) in [7, 11) is 0. The molecule has 0 aliphatic rings. The van der Waals surface area contributed by atoms with E-state index in [0.29, 0.717) is 22.5 Å². The summed E-state index contributed by atoms with van der Waals surface area (Å²) in [6.45, 7) is 0. The minimum absolute atomic E-state index is 0.470. The van der Waals surface area contributed by atoms with E-state index in [9.17, 15) is 0 Å². The van der Waals surface area contributed by atoms with Crippen molar-refractivity contribution in [3.63, 3.8) is 0 Å². The molecule has 0 amide bonds. The predicted molar refractivity (Wildman–Crippen MR) is 76.1 cm³/mol. The molecule has 0 unspecified atom stereocenters. The zero-order chi connectivity index (χ0) is 13.0. The van der Waals surface area contributed by atoms with Crippen LogP contribution in [0.4, 0.5) is 0 Å². The Morgan fingerprint density at radius 1 is 1.22 bits per heavy atom. The molecule has 4 heteroatoms. The maximum Gasteiger partial charge on any atom is 0.164 e. The SMILES string of the molecule is N#C/C(=C/c1ccc(I)o1)c1cccc(C#N)c1. The van der Waals surface area contributed by atoms with Crippen molar-refractivity contribution >= 4 is 34.2 Å². The number of hydrogen-bond donors (Lipinski definition) is 0. The van der Waals surface area contributed by atoms with Gasteiger partial charge in [-0.3, -0.25) is 0 Å². The van der Waals surface area contributed by atoms with Gasteiger partial charge in [-0.25, -0.2) is 0 Å². The molecule has 0 spiro atoms. The number of allylic oxidation sites excluding steroid dienone is 1. The number of halogens is 1. The van der Waals surface area contributed by atoms with Crippen molar-refractivity contribution in [3.05, 3.63) is 57.1 Å².